The normalized spacial score (nSPS) is 18.3. The molecule has 0 atom stereocenters. The summed E-state index contributed by atoms with van der Waals surface area (Å²) in [5.41, 5.74) is 0. The van der Waals surface area contributed by atoms with Crippen LogP contribution in [-0.2, 0) is 0 Å². The molecule has 0 heterocycles. The van der Waals surface area contributed by atoms with Crippen molar-refractivity contribution in [2.45, 2.75) is 0 Å². The van der Waals surface area contributed by atoms with Crippen LogP contribution in [0, 0.1) is 11.8 Å². The first-order chi connectivity index (χ1) is 10.4. The lowest BCUT2D eigenvalue weighted by Gasteiger charge is -2.10. The van der Waals surface area contributed by atoms with Crippen molar-refractivity contribution in [3.05, 3.63) is 103 Å². The van der Waals surface area contributed by atoms with Crippen molar-refractivity contribution < 1.29 is 0 Å². The Kier molecular flexibility index (Phi) is 4.82. The van der Waals surface area contributed by atoms with E-state index < -0.39 is 0 Å². The second kappa shape index (κ2) is 7.20. The highest BCUT2D eigenvalue weighted by atomic mass is 31.1. The van der Waals surface area contributed by atoms with Crippen molar-refractivity contribution in [3.8, 4) is 0 Å². The van der Waals surface area contributed by atoms with E-state index in [-0.39, 0.29) is 7.92 Å². The molecule has 0 radical (unpaired) electrons. The predicted molar refractivity (Wildman–Crippen MR) is 94.8 cm³/mol. The third-order valence-corrected chi connectivity index (χ3v) is 5.43. The minimum absolute atomic E-state index is 0.385. The molecule has 1 aromatic rings. The molecule has 3 rings (SSSR count). The zero-order valence-corrected chi connectivity index (χ0v) is 12.8. The van der Waals surface area contributed by atoms with Crippen molar-refractivity contribution in [3.63, 3.8) is 0 Å². The fourth-order valence-electron chi connectivity index (χ4n) is 2.36. The lowest BCUT2D eigenvalue weighted by molar-refractivity contribution is 1.09. The lowest BCUT2D eigenvalue weighted by Crippen LogP contribution is -1.96. The standard InChI is InChI=1S/C20H19P/c1-2-12-20(13-3-1)21(16-14-18-8-4-5-9-18)17-15-19-10-6-7-11-19/h1-19H/b16-14+,17-15+. The van der Waals surface area contributed by atoms with E-state index in [1.807, 2.05) is 0 Å². The van der Waals surface area contributed by atoms with Gasteiger partial charge in [-0.05, 0) is 13.2 Å². The van der Waals surface area contributed by atoms with E-state index >= 15 is 0 Å². The van der Waals surface area contributed by atoms with Crippen LogP contribution in [0.3, 0.4) is 0 Å². The Labute approximate surface area is 128 Å². The molecule has 21 heavy (non-hydrogen) atoms. The Morgan fingerprint density at radius 2 is 1.14 bits per heavy atom. The van der Waals surface area contributed by atoms with Gasteiger partial charge in [0.15, 0.2) is 0 Å². The molecule has 0 unspecified atom stereocenters. The maximum atomic E-state index is 2.37. The predicted octanol–water partition coefficient (Wildman–Crippen LogP) is 5.31. The number of benzene rings is 1. The zero-order valence-electron chi connectivity index (χ0n) is 11.9. The second-order valence-electron chi connectivity index (χ2n) is 5.12. The van der Waals surface area contributed by atoms with Gasteiger partial charge in [0.1, 0.15) is 0 Å². The second-order valence-corrected chi connectivity index (χ2v) is 7.05. The molecule has 1 heteroatoms. The highest BCUT2D eigenvalue weighted by Gasteiger charge is 2.06. The molecule has 0 saturated carbocycles. The molecule has 104 valence electrons. The average molecular weight is 290 g/mol. The number of hydrogen-bond acceptors (Lipinski definition) is 0. The number of hydrogen-bond donors (Lipinski definition) is 0. The van der Waals surface area contributed by atoms with Crippen LogP contribution in [0.15, 0.2) is 103 Å². The topological polar surface area (TPSA) is 0 Å². The summed E-state index contributed by atoms with van der Waals surface area (Å²) < 4.78 is 0. The highest BCUT2D eigenvalue weighted by molar-refractivity contribution is 7.71. The van der Waals surface area contributed by atoms with E-state index in [1.165, 1.54) is 5.30 Å². The fourth-order valence-corrected chi connectivity index (χ4v) is 4.09. The Bertz CT molecular complexity index is 567. The van der Waals surface area contributed by atoms with Gasteiger partial charge < -0.3 is 0 Å². The maximum Gasteiger partial charge on any atom is 0.0137 e. The Morgan fingerprint density at radius 1 is 0.667 bits per heavy atom. The van der Waals surface area contributed by atoms with Crippen LogP contribution in [0.25, 0.3) is 0 Å². The summed E-state index contributed by atoms with van der Waals surface area (Å²) in [6.07, 6.45) is 22.0. The van der Waals surface area contributed by atoms with Crippen molar-refractivity contribution in [1.82, 2.24) is 0 Å². The van der Waals surface area contributed by atoms with Gasteiger partial charge in [-0.3, -0.25) is 0 Å². The monoisotopic (exact) mass is 290 g/mol. The Morgan fingerprint density at radius 3 is 1.62 bits per heavy atom. The molecule has 0 amide bonds. The first-order valence-corrected chi connectivity index (χ1v) is 8.80. The molecule has 0 saturated heterocycles. The first-order valence-electron chi connectivity index (χ1n) is 7.32. The minimum atomic E-state index is -0.385. The van der Waals surface area contributed by atoms with E-state index in [2.05, 4.69) is 103 Å². The van der Waals surface area contributed by atoms with E-state index in [1.54, 1.807) is 0 Å². The Balaban J connectivity index is 1.77. The van der Waals surface area contributed by atoms with Crippen LogP contribution in [-0.4, -0.2) is 0 Å². The molecular weight excluding hydrogens is 271 g/mol. The SMILES string of the molecule is C1=CC(/C=C/P(/C=C/C2C=CC=C2)c2ccccc2)C=C1. The van der Waals surface area contributed by atoms with Gasteiger partial charge in [-0.25, -0.2) is 0 Å². The van der Waals surface area contributed by atoms with Crippen LogP contribution in [0.4, 0.5) is 0 Å². The van der Waals surface area contributed by atoms with Crippen LogP contribution in [0.5, 0.6) is 0 Å². The van der Waals surface area contributed by atoms with Gasteiger partial charge in [-0.2, -0.15) is 0 Å². The Hall–Kier alpha value is -1.91. The third kappa shape index (κ3) is 4.03. The molecule has 0 spiro atoms. The van der Waals surface area contributed by atoms with Crippen LogP contribution in [0.1, 0.15) is 0 Å². The summed E-state index contributed by atoms with van der Waals surface area (Å²) in [6, 6.07) is 10.8. The first kappa shape index (κ1) is 14.0. The average Bonchev–Trinajstić information content (AvgIpc) is 3.21. The zero-order chi connectivity index (χ0) is 14.3. The van der Waals surface area contributed by atoms with Crippen molar-refractivity contribution in [1.29, 1.82) is 0 Å². The van der Waals surface area contributed by atoms with Gasteiger partial charge in [0.2, 0.25) is 0 Å². The minimum Gasteiger partial charge on any atom is -0.0738 e. The third-order valence-electron chi connectivity index (χ3n) is 3.55. The largest absolute Gasteiger partial charge is 0.0738 e. The molecule has 0 aliphatic heterocycles. The number of rotatable bonds is 5. The van der Waals surface area contributed by atoms with E-state index in [9.17, 15) is 0 Å². The molecule has 0 fully saturated rings. The fraction of sp³-hybridized carbons (Fsp3) is 0.100. The van der Waals surface area contributed by atoms with Crippen LogP contribution < -0.4 is 5.30 Å². The lowest BCUT2D eigenvalue weighted by atomic mass is 10.2. The quantitative estimate of drug-likeness (QED) is 0.645. The maximum absolute atomic E-state index is 2.37. The summed E-state index contributed by atoms with van der Waals surface area (Å²) in [6.45, 7) is 0. The van der Waals surface area contributed by atoms with E-state index in [0.717, 1.165) is 0 Å². The van der Waals surface area contributed by atoms with Crippen LogP contribution in [0.2, 0.25) is 0 Å². The summed E-state index contributed by atoms with van der Waals surface area (Å²) >= 11 is 0. The highest BCUT2D eigenvalue weighted by Crippen LogP contribution is 2.39. The smallest absolute Gasteiger partial charge is 0.0137 e. The summed E-state index contributed by atoms with van der Waals surface area (Å²) in [7, 11) is -0.385. The molecular formula is C20H19P. The number of allylic oxidation sites excluding steroid dienone is 10. The van der Waals surface area contributed by atoms with Crippen molar-refractivity contribution in [2.75, 3.05) is 0 Å². The van der Waals surface area contributed by atoms with Crippen LogP contribution >= 0.6 is 7.92 Å². The summed E-state index contributed by atoms with van der Waals surface area (Å²) in [4.78, 5) is 0. The van der Waals surface area contributed by atoms with Gasteiger partial charge >= 0.3 is 0 Å². The molecule has 0 aromatic heterocycles. The molecule has 2 aliphatic rings. The van der Waals surface area contributed by atoms with E-state index in [0.29, 0.717) is 11.8 Å². The van der Waals surface area contributed by atoms with Gasteiger partial charge in [0, 0.05) is 11.8 Å². The molecule has 1 aromatic carbocycles. The molecule has 2 aliphatic carbocycles. The van der Waals surface area contributed by atoms with Gasteiger partial charge in [0.05, 0.1) is 0 Å². The summed E-state index contributed by atoms with van der Waals surface area (Å²) in [5.74, 6) is 5.65. The van der Waals surface area contributed by atoms with Crippen molar-refractivity contribution in [2.24, 2.45) is 11.8 Å². The van der Waals surface area contributed by atoms with Crippen molar-refractivity contribution >= 4 is 13.2 Å². The van der Waals surface area contributed by atoms with Gasteiger partial charge in [-0.15, -0.1) is 0 Å². The molecule has 0 N–H and O–H groups in total. The van der Waals surface area contributed by atoms with Gasteiger partial charge in [-0.1, -0.05) is 103 Å². The summed E-state index contributed by atoms with van der Waals surface area (Å²) in [5, 5.41) is 1.40. The molecule has 0 nitrogen and oxygen atoms in total. The molecule has 0 bridgehead atoms. The van der Waals surface area contributed by atoms with E-state index in [4.69, 9.17) is 0 Å². The van der Waals surface area contributed by atoms with Gasteiger partial charge in [0.25, 0.3) is 0 Å².